The van der Waals surface area contributed by atoms with Crippen LogP contribution < -0.4 is 16.2 Å². The summed E-state index contributed by atoms with van der Waals surface area (Å²) in [6.45, 7) is 4.55. The van der Waals surface area contributed by atoms with Crippen LogP contribution in [0.15, 0.2) is 53.6 Å². The Balaban J connectivity index is 1.30. The minimum absolute atomic E-state index is 0.159. The van der Waals surface area contributed by atoms with Crippen molar-refractivity contribution >= 4 is 34.3 Å². The van der Waals surface area contributed by atoms with Crippen molar-refractivity contribution < 1.29 is 0 Å². The molecule has 2 fully saturated rings. The van der Waals surface area contributed by atoms with Gasteiger partial charge in [0.1, 0.15) is 5.65 Å². The number of benzene rings is 1. The molecule has 7 nitrogen and oxygen atoms in total. The third kappa shape index (κ3) is 4.49. The van der Waals surface area contributed by atoms with Crippen molar-refractivity contribution in [2.24, 2.45) is 0 Å². The van der Waals surface area contributed by atoms with Gasteiger partial charge >= 0.3 is 0 Å². The number of pyridine rings is 2. The lowest BCUT2D eigenvalue weighted by Crippen LogP contribution is -2.28. The summed E-state index contributed by atoms with van der Waals surface area (Å²) in [7, 11) is 0. The molecule has 1 aliphatic heterocycles. The highest BCUT2D eigenvalue weighted by atomic mass is 35.5. The smallest absolute Gasteiger partial charge is 0.261 e. The minimum Gasteiger partial charge on any atom is -0.324 e. The first kappa shape index (κ1) is 23.1. The van der Waals surface area contributed by atoms with Gasteiger partial charge in [-0.15, -0.1) is 0 Å². The Morgan fingerprint density at radius 2 is 1.89 bits per heavy atom. The van der Waals surface area contributed by atoms with Crippen molar-refractivity contribution in [3.05, 3.63) is 75.3 Å². The average Bonchev–Trinajstić information content (AvgIpc) is 3.75. The van der Waals surface area contributed by atoms with Crippen molar-refractivity contribution in [3.8, 4) is 11.3 Å². The molecule has 36 heavy (non-hydrogen) atoms. The van der Waals surface area contributed by atoms with Crippen molar-refractivity contribution in [1.82, 2.24) is 24.8 Å². The maximum Gasteiger partial charge on any atom is 0.261 e. The van der Waals surface area contributed by atoms with Crippen LogP contribution in [0.4, 0.5) is 11.6 Å². The summed E-state index contributed by atoms with van der Waals surface area (Å²) in [5.74, 6) is 1.56. The second-order valence-electron chi connectivity index (χ2n) is 9.74. The monoisotopic (exact) mass is 500 g/mol. The standard InChI is InChI=1S/C28H29ClN6O/c1-2-35-26-21(12-23(27(35)36)25-24(29)13-20(15-31-25)18-5-6-18)16-32-28(34-26)33-22-9-7-17(8-10-22)19-4-3-11-30-14-19/h7-10,12-13,15-16,18-19,30H,2-6,11,14H2,1H3,(H,32,33,34). The molecule has 4 aromatic rings. The molecule has 1 atom stereocenters. The van der Waals surface area contributed by atoms with Crippen LogP contribution in [0.1, 0.15) is 55.6 Å². The highest BCUT2D eigenvalue weighted by Gasteiger charge is 2.25. The first-order chi connectivity index (χ1) is 17.6. The van der Waals surface area contributed by atoms with Crippen LogP contribution in [0.3, 0.4) is 0 Å². The highest BCUT2D eigenvalue weighted by molar-refractivity contribution is 6.33. The second-order valence-corrected chi connectivity index (χ2v) is 10.2. The van der Waals surface area contributed by atoms with Crippen LogP contribution in [-0.2, 0) is 6.54 Å². The number of rotatable bonds is 6. The number of nitrogens with one attached hydrogen (secondary N) is 2. The van der Waals surface area contributed by atoms with E-state index < -0.39 is 0 Å². The van der Waals surface area contributed by atoms with Crippen molar-refractivity contribution in [2.75, 3.05) is 18.4 Å². The predicted molar refractivity (Wildman–Crippen MR) is 144 cm³/mol. The number of hydrogen-bond donors (Lipinski definition) is 2. The molecule has 1 aromatic carbocycles. The molecule has 1 aliphatic carbocycles. The van der Waals surface area contributed by atoms with Crippen molar-refractivity contribution in [2.45, 2.75) is 51.0 Å². The molecular weight excluding hydrogens is 472 g/mol. The predicted octanol–water partition coefficient (Wildman–Crippen LogP) is 5.61. The molecule has 1 saturated carbocycles. The summed E-state index contributed by atoms with van der Waals surface area (Å²) in [6.07, 6.45) is 8.37. The number of nitrogens with zero attached hydrogens (tertiary/aromatic N) is 4. The van der Waals surface area contributed by atoms with Gasteiger partial charge in [0.25, 0.3) is 5.56 Å². The summed E-state index contributed by atoms with van der Waals surface area (Å²) in [5, 5.41) is 8.03. The maximum atomic E-state index is 13.4. The topological polar surface area (TPSA) is 84.7 Å². The number of aromatic nitrogens is 4. The highest BCUT2D eigenvalue weighted by Crippen LogP contribution is 2.41. The quantitative estimate of drug-likeness (QED) is 0.357. The molecule has 6 rings (SSSR count). The fourth-order valence-electron chi connectivity index (χ4n) is 5.08. The molecular formula is C28H29ClN6O. The zero-order valence-corrected chi connectivity index (χ0v) is 21.1. The number of hydrogen-bond acceptors (Lipinski definition) is 6. The summed E-state index contributed by atoms with van der Waals surface area (Å²) in [4.78, 5) is 27.2. The maximum absolute atomic E-state index is 13.4. The van der Waals surface area contributed by atoms with Crippen molar-refractivity contribution in [3.63, 3.8) is 0 Å². The van der Waals surface area contributed by atoms with E-state index in [-0.39, 0.29) is 5.56 Å². The second kappa shape index (κ2) is 9.64. The van der Waals surface area contributed by atoms with E-state index in [1.54, 1.807) is 16.8 Å². The Hall–Kier alpha value is -3.29. The van der Waals surface area contributed by atoms with Gasteiger partial charge in [-0.1, -0.05) is 23.7 Å². The molecule has 3 aromatic heterocycles. The Bertz CT molecular complexity index is 1470. The van der Waals surface area contributed by atoms with E-state index in [4.69, 9.17) is 16.6 Å². The molecule has 4 heterocycles. The van der Waals surface area contributed by atoms with Gasteiger partial charge in [-0.2, -0.15) is 4.98 Å². The largest absolute Gasteiger partial charge is 0.324 e. The van der Waals surface area contributed by atoms with Gasteiger partial charge in [0, 0.05) is 36.6 Å². The molecule has 0 amide bonds. The number of piperidine rings is 1. The number of halogens is 1. The van der Waals surface area contributed by atoms with Gasteiger partial charge in [-0.25, -0.2) is 4.98 Å². The molecule has 184 valence electrons. The van der Waals surface area contributed by atoms with Crippen LogP contribution in [0, 0.1) is 0 Å². The van der Waals surface area contributed by atoms with Gasteiger partial charge in [-0.05, 0) is 86.4 Å². The number of anilines is 2. The lowest BCUT2D eigenvalue weighted by Gasteiger charge is -2.23. The third-order valence-corrected chi connectivity index (χ3v) is 7.53. The Morgan fingerprint density at radius 3 is 2.58 bits per heavy atom. The van der Waals surface area contributed by atoms with E-state index in [1.807, 2.05) is 19.2 Å². The minimum atomic E-state index is -0.159. The van der Waals surface area contributed by atoms with E-state index in [2.05, 4.69) is 44.9 Å². The SMILES string of the molecule is CCn1c(=O)c(-c2ncc(C3CC3)cc2Cl)cc2cnc(Nc3ccc(C4CCCNC4)cc3)nc21. The van der Waals surface area contributed by atoms with Gasteiger partial charge in [0.2, 0.25) is 5.95 Å². The Morgan fingerprint density at radius 1 is 1.06 bits per heavy atom. The third-order valence-electron chi connectivity index (χ3n) is 7.24. The zero-order chi connectivity index (χ0) is 24.6. The Kier molecular flexibility index (Phi) is 6.19. The van der Waals surface area contributed by atoms with E-state index in [0.717, 1.165) is 29.7 Å². The Labute approximate surface area is 215 Å². The van der Waals surface area contributed by atoms with Crippen LogP contribution >= 0.6 is 11.6 Å². The number of aryl methyl sites for hydroxylation is 1. The van der Waals surface area contributed by atoms with Crippen LogP contribution in [0.2, 0.25) is 5.02 Å². The normalized spacial score (nSPS) is 17.9. The van der Waals surface area contributed by atoms with Crippen LogP contribution in [0.25, 0.3) is 22.3 Å². The van der Waals surface area contributed by atoms with Crippen LogP contribution in [-0.4, -0.2) is 32.6 Å². The van der Waals surface area contributed by atoms with Crippen molar-refractivity contribution in [1.29, 1.82) is 0 Å². The van der Waals surface area contributed by atoms with E-state index in [1.165, 1.54) is 31.2 Å². The van der Waals surface area contributed by atoms with Crippen LogP contribution in [0.5, 0.6) is 0 Å². The van der Waals surface area contributed by atoms with E-state index >= 15 is 0 Å². The van der Waals surface area contributed by atoms with E-state index in [9.17, 15) is 4.79 Å². The molecule has 2 N–H and O–H groups in total. The first-order valence-corrected chi connectivity index (χ1v) is 13.1. The zero-order valence-electron chi connectivity index (χ0n) is 20.3. The number of fused-ring (bicyclic) bond motifs is 1. The molecule has 0 spiro atoms. The lowest BCUT2D eigenvalue weighted by molar-refractivity contribution is 0.461. The molecule has 1 unspecified atom stereocenters. The summed E-state index contributed by atoms with van der Waals surface area (Å²) in [6, 6.07) is 12.2. The van der Waals surface area contributed by atoms with Gasteiger partial charge in [0.05, 0.1) is 16.3 Å². The van der Waals surface area contributed by atoms with Gasteiger partial charge in [-0.3, -0.25) is 14.3 Å². The molecule has 8 heteroatoms. The summed E-state index contributed by atoms with van der Waals surface area (Å²) >= 11 is 6.58. The molecule has 1 saturated heterocycles. The molecule has 0 radical (unpaired) electrons. The average molecular weight is 501 g/mol. The molecule has 0 bridgehead atoms. The summed E-state index contributed by atoms with van der Waals surface area (Å²) in [5.41, 5.74) is 4.79. The first-order valence-electron chi connectivity index (χ1n) is 12.7. The van der Waals surface area contributed by atoms with E-state index in [0.29, 0.717) is 46.3 Å². The fourth-order valence-corrected chi connectivity index (χ4v) is 5.35. The lowest BCUT2D eigenvalue weighted by atomic mass is 9.92. The van der Waals surface area contributed by atoms with Gasteiger partial charge < -0.3 is 10.6 Å². The molecule has 2 aliphatic rings. The van der Waals surface area contributed by atoms with Gasteiger partial charge in [0.15, 0.2) is 0 Å². The fraction of sp³-hybridized carbons (Fsp3) is 0.357. The summed E-state index contributed by atoms with van der Waals surface area (Å²) < 4.78 is 1.66.